The molecule has 0 atom stereocenters. The van der Waals surface area contributed by atoms with E-state index in [9.17, 15) is 14.4 Å². The number of carbonyl (C=O) groups is 3. The highest BCUT2D eigenvalue weighted by atomic mass is 32.2. The lowest BCUT2D eigenvalue weighted by Gasteiger charge is -2.18. The smallest absolute Gasteiger partial charge is 0.461 e. The molecule has 0 unspecified atom stereocenters. The Kier molecular flexibility index (Phi) is 35.7. The van der Waals surface area contributed by atoms with E-state index >= 15 is 0 Å². The van der Waals surface area contributed by atoms with Gasteiger partial charge in [-0.1, -0.05) is 115 Å². The highest BCUT2D eigenvalue weighted by molar-refractivity contribution is 7.99. The van der Waals surface area contributed by atoms with E-state index in [1.54, 1.807) is 0 Å². The number of carbonyl (C=O) groups excluding carboxylic acids is 3. The maximum atomic E-state index is 12.3. The van der Waals surface area contributed by atoms with Crippen LogP contribution >= 0.6 is 11.8 Å². The molecular formula is C40H73NO7S. The lowest BCUT2D eigenvalue weighted by Crippen LogP contribution is -2.20. The van der Waals surface area contributed by atoms with Crippen LogP contribution in [0.25, 0.3) is 0 Å². The van der Waals surface area contributed by atoms with Gasteiger partial charge in [-0.2, -0.15) is 0 Å². The van der Waals surface area contributed by atoms with Crippen molar-refractivity contribution < 1.29 is 33.3 Å². The normalized spacial score (nSPS) is 11.6. The molecule has 0 aromatic rings. The van der Waals surface area contributed by atoms with Gasteiger partial charge in [-0.25, -0.2) is 4.79 Å². The average Bonchev–Trinajstić information content (AvgIpc) is 3.07. The van der Waals surface area contributed by atoms with Crippen molar-refractivity contribution in [3.8, 4) is 0 Å². The van der Waals surface area contributed by atoms with Crippen molar-refractivity contribution in [3.05, 3.63) is 24.3 Å². The van der Waals surface area contributed by atoms with Crippen molar-refractivity contribution in [1.29, 1.82) is 0 Å². The van der Waals surface area contributed by atoms with Crippen LogP contribution in [-0.4, -0.2) is 68.2 Å². The van der Waals surface area contributed by atoms with Gasteiger partial charge in [0.15, 0.2) is 0 Å². The van der Waals surface area contributed by atoms with E-state index in [1.165, 1.54) is 63.1 Å². The number of ether oxygens (including phenoxy) is 4. The van der Waals surface area contributed by atoms with Crippen LogP contribution in [0, 0.1) is 0 Å². The molecule has 0 fully saturated rings. The molecule has 0 aliphatic rings. The number of hydrogen-bond donors (Lipinski definition) is 0. The molecule has 0 spiro atoms. The summed E-state index contributed by atoms with van der Waals surface area (Å²) in [6.07, 6.45) is 31.8. The molecule has 0 N–H and O–H groups in total. The van der Waals surface area contributed by atoms with Crippen LogP contribution in [0.1, 0.15) is 168 Å². The molecule has 9 heteroatoms. The highest BCUT2D eigenvalue weighted by Gasteiger charge is 2.16. The second-order valence-corrected chi connectivity index (χ2v) is 14.2. The Labute approximate surface area is 304 Å². The molecule has 0 aliphatic heterocycles. The zero-order valence-corrected chi connectivity index (χ0v) is 32.7. The van der Waals surface area contributed by atoms with Gasteiger partial charge in [-0.3, -0.25) is 9.59 Å². The fourth-order valence-electron chi connectivity index (χ4n) is 5.26. The Bertz CT molecular complexity index is 781. The van der Waals surface area contributed by atoms with Gasteiger partial charge < -0.3 is 23.8 Å². The third-order valence-corrected chi connectivity index (χ3v) is 9.13. The van der Waals surface area contributed by atoms with Crippen LogP contribution in [-0.2, 0) is 28.5 Å². The van der Waals surface area contributed by atoms with E-state index in [2.05, 4.69) is 26.0 Å². The second kappa shape index (κ2) is 37.3. The summed E-state index contributed by atoms with van der Waals surface area (Å²) in [6.45, 7) is 5.16. The molecule has 0 bridgehead atoms. The van der Waals surface area contributed by atoms with E-state index in [0.717, 1.165) is 95.8 Å². The monoisotopic (exact) mass is 712 g/mol. The van der Waals surface area contributed by atoms with Crippen LogP contribution in [0.4, 0.5) is 4.79 Å². The standard InChI is InChI=1S/C40H73NO7S/c1-5-7-9-11-13-21-27-33-45-38(42)31-25-19-15-17-23-29-37(48-40(44)47-36-49-35-41(3)4)30-24-18-16-20-26-32-39(43)46-34-28-22-14-12-10-8-6-2/h21-22,27-28,37H,5-20,23-26,29-36H2,1-4H3/b27-21-,28-22-. The zero-order valence-electron chi connectivity index (χ0n) is 31.9. The lowest BCUT2D eigenvalue weighted by molar-refractivity contribution is -0.143. The van der Waals surface area contributed by atoms with Gasteiger partial charge in [0.05, 0.1) is 0 Å². The Morgan fingerprint density at radius 1 is 0.571 bits per heavy atom. The average molecular weight is 712 g/mol. The Balaban J connectivity index is 4.16. The van der Waals surface area contributed by atoms with Crippen LogP contribution in [0.5, 0.6) is 0 Å². The predicted octanol–water partition coefficient (Wildman–Crippen LogP) is 11.3. The number of rotatable bonds is 35. The predicted molar refractivity (Wildman–Crippen MR) is 205 cm³/mol. The van der Waals surface area contributed by atoms with Gasteiger partial charge in [-0.05, 0) is 78.3 Å². The molecular weight excluding hydrogens is 639 g/mol. The summed E-state index contributed by atoms with van der Waals surface area (Å²) in [7, 11) is 3.95. The summed E-state index contributed by atoms with van der Waals surface area (Å²) in [5, 5.41) is 0. The first-order valence-electron chi connectivity index (χ1n) is 19.6. The second-order valence-electron chi connectivity index (χ2n) is 13.3. The van der Waals surface area contributed by atoms with Crippen molar-refractivity contribution in [2.75, 3.05) is 39.1 Å². The van der Waals surface area contributed by atoms with Gasteiger partial charge in [0.2, 0.25) is 0 Å². The summed E-state index contributed by atoms with van der Waals surface area (Å²) < 4.78 is 21.6. The molecule has 8 nitrogen and oxygen atoms in total. The number of allylic oxidation sites excluding steroid dienone is 2. The lowest BCUT2D eigenvalue weighted by atomic mass is 10.0. The van der Waals surface area contributed by atoms with Crippen LogP contribution < -0.4 is 0 Å². The van der Waals surface area contributed by atoms with Crippen molar-refractivity contribution in [3.63, 3.8) is 0 Å². The number of nitrogens with zero attached hydrogens (tertiary/aromatic N) is 1. The first kappa shape index (κ1) is 47.0. The van der Waals surface area contributed by atoms with Gasteiger partial charge in [0.1, 0.15) is 25.3 Å². The summed E-state index contributed by atoms with van der Waals surface area (Å²) in [5.41, 5.74) is 0. The summed E-state index contributed by atoms with van der Waals surface area (Å²) in [6, 6.07) is 0. The molecule has 0 saturated carbocycles. The molecule has 286 valence electrons. The molecule has 0 radical (unpaired) electrons. The number of esters is 2. The topological polar surface area (TPSA) is 91.4 Å². The Morgan fingerprint density at radius 2 is 1.02 bits per heavy atom. The van der Waals surface area contributed by atoms with Crippen molar-refractivity contribution in [2.24, 2.45) is 0 Å². The molecule has 0 aromatic heterocycles. The largest absolute Gasteiger partial charge is 0.509 e. The van der Waals surface area contributed by atoms with E-state index in [0.29, 0.717) is 26.1 Å². The molecule has 0 rings (SSSR count). The minimum Gasteiger partial charge on any atom is -0.461 e. The minimum absolute atomic E-state index is 0.123. The van der Waals surface area contributed by atoms with Crippen LogP contribution in [0.3, 0.4) is 0 Å². The van der Waals surface area contributed by atoms with Crippen LogP contribution in [0.2, 0.25) is 0 Å². The molecule has 0 aromatic carbocycles. The maximum absolute atomic E-state index is 12.3. The van der Waals surface area contributed by atoms with Gasteiger partial charge in [0, 0.05) is 18.7 Å². The van der Waals surface area contributed by atoms with Gasteiger partial charge in [-0.15, -0.1) is 11.8 Å². The van der Waals surface area contributed by atoms with Crippen LogP contribution in [0.15, 0.2) is 24.3 Å². The molecule has 0 aliphatic carbocycles. The maximum Gasteiger partial charge on any atom is 0.509 e. The summed E-state index contributed by atoms with van der Waals surface area (Å²) >= 11 is 1.53. The first-order chi connectivity index (χ1) is 23.9. The van der Waals surface area contributed by atoms with E-state index in [4.69, 9.17) is 18.9 Å². The van der Waals surface area contributed by atoms with Gasteiger partial charge >= 0.3 is 18.1 Å². The third-order valence-electron chi connectivity index (χ3n) is 8.15. The third kappa shape index (κ3) is 37.1. The zero-order chi connectivity index (χ0) is 36.0. The van der Waals surface area contributed by atoms with E-state index < -0.39 is 6.16 Å². The minimum atomic E-state index is -0.592. The van der Waals surface area contributed by atoms with E-state index in [-0.39, 0.29) is 24.0 Å². The van der Waals surface area contributed by atoms with Crippen molar-refractivity contribution in [1.82, 2.24) is 4.90 Å². The fraction of sp³-hybridized carbons (Fsp3) is 0.825. The number of thioether (sulfide) groups is 1. The summed E-state index contributed by atoms with van der Waals surface area (Å²) in [5.74, 6) is 0.808. The highest BCUT2D eigenvalue weighted by Crippen LogP contribution is 2.18. The van der Waals surface area contributed by atoms with Crippen molar-refractivity contribution >= 4 is 29.9 Å². The molecule has 49 heavy (non-hydrogen) atoms. The Morgan fingerprint density at radius 3 is 1.49 bits per heavy atom. The fourth-order valence-corrected chi connectivity index (χ4v) is 5.88. The molecule has 0 amide bonds. The molecule has 0 heterocycles. The summed E-state index contributed by atoms with van der Waals surface area (Å²) in [4.78, 5) is 38.3. The van der Waals surface area contributed by atoms with Crippen molar-refractivity contribution in [2.45, 2.75) is 174 Å². The SMILES string of the molecule is CCCCCC/C=C\COC(=O)CCCCCCCC(CCCCCCCC(=O)OC/C=C\CCCCCC)OC(=O)OCSCN(C)C. The first-order valence-corrected chi connectivity index (χ1v) is 20.7. The number of hydrogen-bond acceptors (Lipinski definition) is 9. The van der Waals surface area contributed by atoms with E-state index in [1.807, 2.05) is 31.1 Å². The van der Waals surface area contributed by atoms with Gasteiger partial charge in [0.25, 0.3) is 0 Å². The quantitative estimate of drug-likeness (QED) is 0.0209. The molecule has 0 saturated heterocycles. The Hall–Kier alpha value is -2.00. The number of unbranched alkanes of at least 4 members (excludes halogenated alkanes) is 16.